The average Bonchev–Trinajstić information content (AvgIpc) is 3.53. The molecule has 2 aliphatic rings. The highest BCUT2D eigenvalue weighted by atomic mass is 16.1. The SMILES string of the molecule is Cc1ccc(NC(=O)CC[C@H]2CCCN(c3cc(NC4CC4)ncn3)C2)cc1. The van der Waals surface area contributed by atoms with Crippen molar-refractivity contribution in [2.45, 2.75) is 51.5 Å². The van der Waals surface area contributed by atoms with E-state index in [2.05, 4.69) is 31.6 Å². The molecular weight excluding hydrogens is 350 g/mol. The number of hydrogen-bond acceptors (Lipinski definition) is 5. The molecule has 0 unspecified atom stereocenters. The highest BCUT2D eigenvalue weighted by molar-refractivity contribution is 5.90. The van der Waals surface area contributed by atoms with E-state index in [1.807, 2.05) is 31.2 Å². The van der Waals surface area contributed by atoms with Gasteiger partial charge in [0.1, 0.15) is 18.0 Å². The first kappa shape index (κ1) is 18.7. The van der Waals surface area contributed by atoms with Gasteiger partial charge in [-0.05, 0) is 57.1 Å². The number of carbonyl (C=O) groups excluding carboxylic acids is 1. The minimum atomic E-state index is 0.0962. The van der Waals surface area contributed by atoms with Crippen molar-refractivity contribution in [3.63, 3.8) is 0 Å². The van der Waals surface area contributed by atoms with Gasteiger partial charge in [-0.2, -0.15) is 0 Å². The molecule has 0 spiro atoms. The van der Waals surface area contributed by atoms with Gasteiger partial charge in [0.15, 0.2) is 0 Å². The lowest BCUT2D eigenvalue weighted by Gasteiger charge is -2.33. The van der Waals surface area contributed by atoms with Crippen molar-refractivity contribution in [2.75, 3.05) is 28.6 Å². The van der Waals surface area contributed by atoms with Gasteiger partial charge in [-0.3, -0.25) is 4.79 Å². The molecular formula is C22H29N5O. The van der Waals surface area contributed by atoms with E-state index in [9.17, 15) is 4.79 Å². The number of nitrogens with zero attached hydrogens (tertiary/aromatic N) is 3. The first-order chi connectivity index (χ1) is 13.7. The third-order valence-electron chi connectivity index (χ3n) is 5.54. The minimum absolute atomic E-state index is 0.0962. The van der Waals surface area contributed by atoms with Crippen molar-refractivity contribution in [1.29, 1.82) is 0 Å². The van der Waals surface area contributed by atoms with Crippen LogP contribution < -0.4 is 15.5 Å². The van der Waals surface area contributed by atoms with Gasteiger partial charge >= 0.3 is 0 Å². The number of nitrogens with one attached hydrogen (secondary N) is 2. The number of anilines is 3. The number of benzene rings is 1. The summed E-state index contributed by atoms with van der Waals surface area (Å²) < 4.78 is 0. The molecule has 1 atom stereocenters. The molecule has 0 radical (unpaired) electrons. The van der Waals surface area contributed by atoms with E-state index in [1.54, 1.807) is 6.33 Å². The lowest BCUT2D eigenvalue weighted by molar-refractivity contribution is -0.116. The second kappa shape index (κ2) is 8.59. The van der Waals surface area contributed by atoms with Crippen molar-refractivity contribution in [3.8, 4) is 0 Å². The van der Waals surface area contributed by atoms with E-state index < -0.39 is 0 Å². The fraction of sp³-hybridized carbons (Fsp3) is 0.500. The molecule has 28 heavy (non-hydrogen) atoms. The van der Waals surface area contributed by atoms with E-state index in [0.29, 0.717) is 18.4 Å². The standard InChI is InChI=1S/C22H29N5O/c1-16-4-7-19(8-5-16)26-22(28)11-6-17-3-2-12-27(14-17)21-13-20(23-15-24-21)25-18-9-10-18/h4-5,7-8,13,15,17-18H,2-3,6,9-12,14H2,1H3,(H,26,28)(H,23,24,25)/t17-/m1/s1. The topological polar surface area (TPSA) is 70.2 Å². The molecule has 1 aromatic carbocycles. The van der Waals surface area contributed by atoms with Gasteiger partial charge < -0.3 is 15.5 Å². The average molecular weight is 380 g/mol. The van der Waals surface area contributed by atoms with Crippen molar-refractivity contribution in [2.24, 2.45) is 5.92 Å². The number of rotatable bonds is 7. The predicted octanol–water partition coefficient (Wildman–Crippen LogP) is 3.99. The number of piperidine rings is 1. The van der Waals surface area contributed by atoms with E-state index in [0.717, 1.165) is 43.3 Å². The van der Waals surface area contributed by atoms with Gasteiger partial charge in [0, 0.05) is 37.3 Å². The lowest BCUT2D eigenvalue weighted by atomic mass is 9.93. The zero-order valence-electron chi connectivity index (χ0n) is 16.5. The quantitative estimate of drug-likeness (QED) is 0.761. The molecule has 4 rings (SSSR count). The highest BCUT2D eigenvalue weighted by Crippen LogP contribution is 2.28. The molecule has 2 heterocycles. The summed E-state index contributed by atoms with van der Waals surface area (Å²) in [5.74, 6) is 2.53. The van der Waals surface area contributed by atoms with Gasteiger partial charge in [-0.15, -0.1) is 0 Å². The Kier molecular flexibility index (Phi) is 5.74. The van der Waals surface area contributed by atoms with Crippen LogP contribution in [0.4, 0.5) is 17.3 Å². The maximum Gasteiger partial charge on any atom is 0.224 e. The van der Waals surface area contributed by atoms with E-state index in [1.165, 1.54) is 24.8 Å². The Bertz CT molecular complexity index is 803. The van der Waals surface area contributed by atoms with Crippen LogP contribution in [0.1, 0.15) is 44.1 Å². The minimum Gasteiger partial charge on any atom is -0.367 e. The predicted molar refractivity (Wildman–Crippen MR) is 113 cm³/mol. The Morgan fingerprint density at radius 1 is 1.18 bits per heavy atom. The van der Waals surface area contributed by atoms with Crippen LogP contribution in [0.2, 0.25) is 0 Å². The zero-order valence-corrected chi connectivity index (χ0v) is 16.5. The molecule has 0 bridgehead atoms. The van der Waals surface area contributed by atoms with Gasteiger partial charge in [0.2, 0.25) is 5.91 Å². The molecule has 6 nitrogen and oxygen atoms in total. The number of amides is 1. The second-order valence-corrected chi connectivity index (χ2v) is 8.09. The molecule has 1 aromatic heterocycles. The van der Waals surface area contributed by atoms with Crippen LogP contribution in [0.5, 0.6) is 0 Å². The van der Waals surface area contributed by atoms with Gasteiger partial charge in [0.25, 0.3) is 0 Å². The zero-order chi connectivity index (χ0) is 19.3. The van der Waals surface area contributed by atoms with Crippen LogP contribution in [0.3, 0.4) is 0 Å². The summed E-state index contributed by atoms with van der Waals surface area (Å²) in [5.41, 5.74) is 2.07. The molecule has 1 aliphatic carbocycles. The maximum absolute atomic E-state index is 12.3. The highest BCUT2D eigenvalue weighted by Gasteiger charge is 2.24. The first-order valence-electron chi connectivity index (χ1n) is 10.4. The molecule has 148 valence electrons. The van der Waals surface area contributed by atoms with E-state index in [4.69, 9.17) is 0 Å². The summed E-state index contributed by atoms with van der Waals surface area (Å²) in [6, 6.07) is 10.6. The van der Waals surface area contributed by atoms with Crippen molar-refractivity contribution in [1.82, 2.24) is 9.97 Å². The molecule has 1 saturated heterocycles. The third kappa shape index (κ3) is 5.21. The Hall–Kier alpha value is -2.63. The van der Waals surface area contributed by atoms with Crippen LogP contribution in [0.25, 0.3) is 0 Å². The summed E-state index contributed by atoms with van der Waals surface area (Å²) in [4.78, 5) is 23.4. The third-order valence-corrected chi connectivity index (χ3v) is 5.54. The van der Waals surface area contributed by atoms with Gasteiger partial charge in [-0.25, -0.2) is 9.97 Å². The molecule has 1 saturated carbocycles. The summed E-state index contributed by atoms with van der Waals surface area (Å²) >= 11 is 0. The number of aromatic nitrogens is 2. The molecule has 6 heteroatoms. The molecule has 2 aromatic rings. The number of hydrogen-bond donors (Lipinski definition) is 2. The summed E-state index contributed by atoms with van der Waals surface area (Å²) in [6.45, 7) is 4.02. The maximum atomic E-state index is 12.3. The van der Waals surface area contributed by atoms with Crippen LogP contribution in [-0.2, 0) is 4.79 Å². The molecule has 1 amide bonds. The smallest absolute Gasteiger partial charge is 0.224 e. The van der Waals surface area contributed by atoms with Crippen molar-refractivity contribution in [3.05, 3.63) is 42.2 Å². The summed E-state index contributed by atoms with van der Waals surface area (Å²) in [6.07, 6.45) is 7.90. The molecule has 2 fully saturated rings. The van der Waals surface area contributed by atoms with Gasteiger partial charge in [0.05, 0.1) is 0 Å². The van der Waals surface area contributed by atoms with Crippen molar-refractivity contribution < 1.29 is 4.79 Å². The Labute approximate surface area is 166 Å². The van der Waals surface area contributed by atoms with Crippen LogP contribution in [0, 0.1) is 12.8 Å². The first-order valence-corrected chi connectivity index (χ1v) is 10.4. The normalized spacial score (nSPS) is 19.3. The van der Waals surface area contributed by atoms with E-state index >= 15 is 0 Å². The number of carbonyl (C=O) groups is 1. The number of aryl methyl sites for hydroxylation is 1. The van der Waals surface area contributed by atoms with Crippen LogP contribution >= 0.6 is 0 Å². The Balaban J connectivity index is 1.27. The summed E-state index contributed by atoms with van der Waals surface area (Å²) in [7, 11) is 0. The lowest BCUT2D eigenvalue weighted by Crippen LogP contribution is -2.36. The van der Waals surface area contributed by atoms with Crippen molar-refractivity contribution >= 4 is 23.2 Å². The fourth-order valence-corrected chi connectivity index (χ4v) is 3.74. The Morgan fingerprint density at radius 3 is 2.79 bits per heavy atom. The molecule has 2 N–H and O–H groups in total. The second-order valence-electron chi connectivity index (χ2n) is 8.09. The Morgan fingerprint density at radius 2 is 2.00 bits per heavy atom. The fourth-order valence-electron chi connectivity index (χ4n) is 3.74. The molecule has 1 aliphatic heterocycles. The van der Waals surface area contributed by atoms with E-state index in [-0.39, 0.29) is 5.91 Å². The monoisotopic (exact) mass is 379 g/mol. The largest absolute Gasteiger partial charge is 0.367 e. The van der Waals surface area contributed by atoms with Crippen LogP contribution in [-0.4, -0.2) is 35.0 Å². The van der Waals surface area contributed by atoms with Gasteiger partial charge in [-0.1, -0.05) is 17.7 Å². The van der Waals surface area contributed by atoms with Crippen LogP contribution in [0.15, 0.2) is 36.7 Å². The summed E-state index contributed by atoms with van der Waals surface area (Å²) in [5, 5.41) is 6.44.